The molecule has 0 bridgehead atoms. The van der Waals surface area contributed by atoms with E-state index in [1.807, 2.05) is 6.08 Å². The van der Waals surface area contributed by atoms with Crippen molar-refractivity contribution in [1.82, 2.24) is 9.99 Å². The molecule has 2 aromatic rings. The van der Waals surface area contributed by atoms with Crippen LogP contribution in [0.15, 0.2) is 46.3 Å². The van der Waals surface area contributed by atoms with E-state index < -0.39 is 0 Å². The fourth-order valence-corrected chi connectivity index (χ4v) is 4.25. The Morgan fingerprint density at radius 2 is 2.33 bits per heavy atom. The first kappa shape index (κ1) is 17.0. The van der Waals surface area contributed by atoms with E-state index >= 15 is 0 Å². The van der Waals surface area contributed by atoms with Crippen molar-refractivity contribution in [3.05, 3.63) is 58.1 Å². The number of allylic oxidation sites excluding steroid dienone is 1. The minimum atomic E-state index is 0.800. The van der Waals surface area contributed by atoms with Gasteiger partial charge in [0.1, 0.15) is 0 Å². The maximum absolute atomic E-state index is 4.61. The molecule has 0 aliphatic carbocycles. The fourth-order valence-electron chi connectivity index (χ4n) is 2.76. The summed E-state index contributed by atoms with van der Waals surface area (Å²) in [4.78, 5) is 5.98. The Morgan fingerprint density at radius 1 is 1.46 bits per heavy atom. The number of nitrogens with zero attached hydrogens (tertiary/aromatic N) is 3. The van der Waals surface area contributed by atoms with Crippen LogP contribution in [0, 0.1) is 13.8 Å². The Kier molecular flexibility index (Phi) is 5.58. The van der Waals surface area contributed by atoms with Crippen molar-refractivity contribution in [3.63, 3.8) is 0 Å². The molecule has 0 spiro atoms. The van der Waals surface area contributed by atoms with E-state index in [0.717, 1.165) is 36.1 Å². The summed E-state index contributed by atoms with van der Waals surface area (Å²) in [6, 6.07) is 6.44. The summed E-state index contributed by atoms with van der Waals surface area (Å²) >= 11 is 3.51. The molecule has 0 radical (unpaired) electrons. The average molecular weight is 359 g/mol. The van der Waals surface area contributed by atoms with Gasteiger partial charge in [-0.2, -0.15) is 5.10 Å². The van der Waals surface area contributed by atoms with Gasteiger partial charge in [0.15, 0.2) is 5.17 Å². The molecule has 6 heteroatoms. The van der Waals surface area contributed by atoms with Crippen molar-refractivity contribution < 1.29 is 0 Å². The zero-order valence-electron chi connectivity index (χ0n) is 14.1. The van der Waals surface area contributed by atoms with Crippen LogP contribution in [0.3, 0.4) is 0 Å². The number of hydrazone groups is 1. The molecular formula is C18H22N4S2. The van der Waals surface area contributed by atoms with Crippen molar-refractivity contribution in [2.75, 3.05) is 12.3 Å². The highest BCUT2D eigenvalue weighted by Gasteiger charge is 2.18. The summed E-state index contributed by atoms with van der Waals surface area (Å²) in [5.41, 5.74) is 7.89. The van der Waals surface area contributed by atoms with Crippen LogP contribution in [0.4, 0.5) is 0 Å². The monoisotopic (exact) mass is 358 g/mol. The molecule has 0 atom stereocenters. The average Bonchev–Trinajstić information content (AvgIpc) is 3.19. The number of thiophene rings is 1. The number of aromatic nitrogens is 1. The Labute approximate surface area is 151 Å². The van der Waals surface area contributed by atoms with Gasteiger partial charge in [0, 0.05) is 47.1 Å². The number of aliphatic imine (C=N–C) groups is 1. The number of amidine groups is 1. The van der Waals surface area contributed by atoms with Crippen LogP contribution in [0.2, 0.25) is 0 Å². The molecule has 1 N–H and O–H groups in total. The van der Waals surface area contributed by atoms with Gasteiger partial charge in [0.25, 0.3) is 0 Å². The lowest BCUT2D eigenvalue weighted by Gasteiger charge is -2.15. The van der Waals surface area contributed by atoms with Crippen LogP contribution in [-0.2, 0) is 13.0 Å². The first-order valence-electron chi connectivity index (χ1n) is 7.99. The van der Waals surface area contributed by atoms with Crippen molar-refractivity contribution >= 4 is 34.0 Å². The van der Waals surface area contributed by atoms with Gasteiger partial charge in [-0.1, -0.05) is 23.9 Å². The summed E-state index contributed by atoms with van der Waals surface area (Å²) in [7, 11) is 0. The topological polar surface area (TPSA) is 41.7 Å². The molecule has 0 saturated heterocycles. The summed E-state index contributed by atoms with van der Waals surface area (Å²) in [5, 5.41) is 7.57. The second-order valence-electron chi connectivity index (χ2n) is 5.66. The Bertz CT molecular complexity index is 769. The van der Waals surface area contributed by atoms with Gasteiger partial charge in [0.2, 0.25) is 0 Å². The fraction of sp³-hybridized carbons (Fsp3) is 0.333. The van der Waals surface area contributed by atoms with Gasteiger partial charge in [-0.25, -0.2) is 0 Å². The summed E-state index contributed by atoms with van der Waals surface area (Å²) in [6.45, 7) is 9.74. The highest BCUT2D eigenvalue weighted by Crippen LogP contribution is 2.20. The van der Waals surface area contributed by atoms with Crippen molar-refractivity contribution in [3.8, 4) is 0 Å². The van der Waals surface area contributed by atoms with Crippen LogP contribution < -0.4 is 5.43 Å². The lowest BCUT2D eigenvalue weighted by atomic mass is 10.1. The zero-order valence-corrected chi connectivity index (χ0v) is 15.7. The molecule has 0 saturated carbocycles. The largest absolute Gasteiger partial charge is 0.345 e. The van der Waals surface area contributed by atoms with Crippen LogP contribution >= 0.6 is 23.1 Å². The van der Waals surface area contributed by atoms with Crippen LogP contribution in [-0.4, -0.2) is 27.7 Å². The smallest absolute Gasteiger partial charge is 0.177 e. The zero-order chi connectivity index (χ0) is 16.9. The molecule has 2 aromatic heterocycles. The van der Waals surface area contributed by atoms with Crippen molar-refractivity contribution in [2.45, 2.75) is 26.8 Å². The standard InChI is InChI=1S/C18H22N4S2/c1-4-9-22-13(2)11-16(14(22)3)17-12-24-18(21-20-17)19-8-7-15-6-5-10-23-15/h4-6,10-11H,1,7-9,12H2,2-3H3,(H,19,21). The van der Waals surface area contributed by atoms with Gasteiger partial charge in [-0.05, 0) is 31.4 Å². The first-order chi connectivity index (χ1) is 11.7. The highest BCUT2D eigenvalue weighted by atomic mass is 32.2. The first-order valence-corrected chi connectivity index (χ1v) is 9.85. The molecule has 3 heterocycles. The van der Waals surface area contributed by atoms with Gasteiger partial charge >= 0.3 is 0 Å². The lowest BCUT2D eigenvalue weighted by molar-refractivity contribution is 0.768. The molecule has 3 rings (SSSR count). The van der Waals surface area contributed by atoms with Crippen LogP contribution in [0.1, 0.15) is 21.8 Å². The third kappa shape index (κ3) is 3.82. The summed E-state index contributed by atoms with van der Waals surface area (Å²) in [5.74, 6) is 0.850. The molecule has 1 aliphatic heterocycles. The predicted octanol–water partition coefficient (Wildman–Crippen LogP) is 3.99. The SMILES string of the molecule is C=CCn1c(C)cc(C2=NNC(=NCCc3cccs3)SC2)c1C. The normalized spacial score (nSPS) is 16.1. The number of thioether (sulfide) groups is 1. The number of rotatable bonds is 6. The van der Waals surface area contributed by atoms with E-state index in [4.69, 9.17) is 0 Å². The second-order valence-corrected chi connectivity index (χ2v) is 7.66. The summed E-state index contributed by atoms with van der Waals surface area (Å²) in [6.07, 6.45) is 2.92. The van der Waals surface area contributed by atoms with Gasteiger partial charge in [-0.15, -0.1) is 17.9 Å². The van der Waals surface area contributed by atoms with E-state index in [1.165, 1.54) is 21.8 Å². The molecule has 126 valence electrons. The Balaban J connectivity index is 1.65. The number of nitrogens with one attached hydrogen (secondary N) is 1. The summed E-state index contributed by atoms with van der Waals surface area (Å²) < 4.78 is 2.26. The molecule has 0 unspecified atom stereocenters. The van der Waals surface area contributed by atoms with E-state index in [2.05, 4.69) is 64.1 Å². The number of aryl methyl sites for hydroxylation is 1. The number of hydrogen-bond acceptors (Lipinski definition) is 4. The van der Waals surface area contributed by atoms with Crippen molar-refractivity contribution in [1.29, 1.82) is 0 Å². The minimum absolute atomic E-state index is 0.800. The minimum Gasteiger partial charge on any atom is -0.345 e. The maximum Gasteiger partial charge on any atom is 0.177 e. The molecule has 4 nitrogen and oxygen atoms in total. The predicted molar refractivity (Wildman–Crippen MR) is 107 cm³/mol. The molecule has 0 aromatic carbocycles. The van der Waals surface area contributed by atoms with Gasteiger partial charge in [0.05, 0.1) is 5.71 Å². The van der Waals surface area contributed by atoms with E-state index in [0.29, 0.717) is 0 Å². The third-order valence-electron chi connectivity index (χ3n) is 4.02. The van der Waals surface area contributed by atoms with E-state index in [-0.39, 0.29) is 0 Å². The lowest BCUT2D eigenvalue weighted by Crippen LogP contribution is -2.26. The molecular weight excluding hydrogens is 336 g/mol. The Morgan fingerprint density at radius 3 is 3.00 bits per heavy atom. The van der Waals surface area contributed by atoms with E-state index in [9.17, 15) is 0 Å². The van der Waals surface area contributed by atoms with E-state index in [1.54, 1.807) is 23.1 Å². The quantitative estimate of drug-likeness (QED) is 0.793. The van der Waals surface area contributed by atoms with Crippen LogP contribution in [0.25, 0.3) is 0 Å². The van der Waals surface area contributed by atoms with Gasteiger partial charge in [-0.3, -0.25) is 10.4 Å². The van der Waals surface area contributed by atoms with Crippen LogP contribution in [0.5, 0.6) is 0 Å². The molecule has 24 heavy (non-hydrogen) atoms. The number of hydrogen-bond donors (Lipinski definition) is 1. The molecule has 0 amide bonds. The third-order valence-corrected chi connectivity index (χ3v) is 5.87. The Hall–Kier alpha value is -1.79. The molecule has 0 fully saturated rings. The molecule has 1 aliphatic rings. The van der Waals surface area contributed by atoms with Gasteiger partial charge < -0.3 is 4.57 Å². The maximum atomic E-state index is 4.61. The highest BCUT2D eigenvalue weighted by molar-refractivity contribution is 8.14. The second kappa shape index (κ2) is 7.85. The van der Waals surface area contributed by atoms with Crippen molar-refractivity contribution in [2.24, 2.45) is 10.1 Å².